The van der Waals surface area contributed by atoms with Crippen molar-refractivity contribution in [1.29, 1.82) is 0 Å². The van der Waals surface area contributed by atoms with E-state index in [2.05, 4.69) is 25.4 Å². The lowest BCUT2D eigenvalue weighted by Crippen LogP contribution is -2.17. The van der Waals surface area contributed by atoms with Crippen molar-refractivity contribution in [1.82, 2.24) is 4.90 Å². The highest BCUT2D eigenvalue weighted by molar-refractivity contribution is 6.62. The number of carbonyl (C=O) groups excluding carboxylic acids is 2. The molecule has 0 spiro atoms. The van der Waals surface area contributed by atoms with Gasteiger partial charge in [0.1, 0.15) is 0 Å². The van der Waals surface area contributed by atoms with Gasteiger partial charge < -0.3 is 4.90 Å². The average Bonchev–Trinajstić information content (AvgIpc) is 1.87. The summed E-state index contributed by atoms with van der Waals surface area (Å²) in [7, 11) is 3.45. The van der Waals surface area contributed by atoms with Gasteiger partial charge in [0.05, 0.1) is 0 Å². The number of carbonyl (C=O) groups is 2. The molecule has 0 unspecified atom stereocenters. The predicted molar refractivity (Wildman–Crippen MR) is 56.9 cm³/mol. The minimum Gasteiger partial charge on any atom is -0.349 e. The van der Waals surface area contributed by atoms with Crippen LogP contribution >= 0.6 is 11.6 Å². The van der Waals surface area contributed by atoms with Gasteiger partial charge in [0.2, 0.25) is 11.1 Å². The molecule has 0 N–H and O–H groups in total. The smallest absolute Gasteiger partial charge is 0.218 e. The van der Waals surface area contributed by atoms with E-state index in [0.29, 0.717) is 0 Å². The van der Waals surface area contributed by atoms with Crippen LogP contribution in [0.2, 0.25) is 0 Å². The van der Waals surface area contributed by atoms with Crippen molar-refractivity contribution < 1.29 is 9.59 Å². The van der Waals surface area contributed by atoms with E-state index in [9.17, 15) is 9.59 Å². The summed E-state index contributed by atoms with van der Waals surface area (Å²) in [6.45, 7) is 7.07. The molecule has 0 heterocycles. The third-order valence-electron chi connectivity index (χ3n) is 0.630. The van der Waals surface area contributed by atoms with Crippen molar-refractivity contribution in [2.75, 3.05) is 14.1 Å². The first-order valence-corrected chi connectivity index (χ1v) is 4.51. The van der Waals surface area contributed by atoms with E-state index in [1.54, 1.807) is 14.1 Å². The maximum atomic E-state index is 10.1. The molecule has 80 valence electrons. The van der Waals surface area contributed by atoms with Crippen LogP contribution in [0.3, 0.4) is 0 Å². The number of amides is 1. The fraction of sp³-hybridized carbons (Fsp3) is 0.778. The molecule has 0 rings (SSSR count). The second kappa shape index (κ2) is 14.0. The van der Waals surface area contributed by atoms with Gasteiger partial charge in [-0.3, -0.25) is 9.59 Å². The number of halogens is 1. The van der Waals surface area contributed by atoms with Gasteiger partial charge in [-0.05, 0) is 11.6 Å². The molecule has 0 atom stereocenters. The Morgan fingerprint density at radius 2 is 1.23 bits per heavy atom. The normalized spacial score (nSPS) is 7.00. The number of rotatable bonds is 0. The molecule has 3 nitrogen and oxygen atoms in total. The Kier molecular flexibility index (Phi) is 19.6. The SMILES string of the molecule is CC(=O)Cl.CC(=O)N(C)C.CCC. The van der Waals surface area contributed by atoms with E-state index >= 15 is 0 Å². The van der Waals surface area contributed by atoms with Gasteiger partial charge in [0.15, 0.2) is 0 Å². The monoisotopic (exact) mass is 209 g/mol. The van der Waals surface area contributed by atoms with Crippen molar-refractivity contribution in [2.24, 2.45) is 0 Å². The first kappa shape index (κ1) is 18.3. The fourth-order valence-corrected chi connectivity index (χ4v) is 0. The largest absolute Gasteiger partial charge is 0.349 e. The fourth-order valence-electron chi connectivity index (χ4n) is 0. The van der Waals surface area contributed by atoms with Gasteiger partial charge in [0, 0.05) is 27.9 Å². The third kappa shape index (κ3) is 86.4. The van der Waals surface area contributed by atoms with Gasteiger partial charge in [-0.15, -0.1) is 0 Å². The van der Waals surface area contributed by atoms with E-state index in [0.717, 1.165) is 0 Å². The van der Waals surface area contributed by atoms with Gasteiger partial charge in [0.25, 0.3) is 0 Å². The Hall–Kier alpha value is -0.570. The van der Waals surface area contributed by atoms with Crippen LogP contribution < -0.4 is 0 Å². The maximum Gasteiger partial charge on any atom is 0.218 e. The van der Waals surface area contributed by atoms with Crippen LogP contribution in [0.25, 0.3) is 0 Å². The Balaban J connectivity index is -0.000000125. The van der Waals surface area contributed by atoms with E-state index in [1.165, 1.54) is 25.2 Å². The summed E-state index contributed by atoms with van der Waals surface area (Å²) < 4.78 is 0. The molecule has 0 aromatic carbocycles. The minimum atomic E-state index is -0.361. The van der Waals surface area contributed by atoms with Crippen molar-refractivity contribution in [3.8, 4) is 0 Å². The second-order valence-corrected chi connectivity index (χ2v) is 3.12. The van der Waals surface area contributed by atoms with Crippen LogP contribution in [0.15, 0.2) is 0 Å². The Morgan fingerprint density at radius 1 is 1.15 bits per heavy atom. The van der Waals surface area contributed by atoms with Crippen molar-refractivity contribution in [2.45, 2.75) is 34.1 Å². The lowest BCUT2D eigenvalue weighted by Gasteiger charge is -2.02. The summed E-state index contributed by atoms with van der Waals surface area (Å²) in [4.78, 5) is 20.8. The molecule has 0 aromatic heterocycles. The summed E-state index contributed by atoms with van der Waals surface area (Å²) in [5.41, 5.74) is 0. The maximum absolute atomic E-state index is 10.1. The van der Waals surface area contributed by atoms with Gasteiger partial charge in [-0.2, -0.15) is 0 Å². The molecular formula is C9H20ClNO2. The van der Waals surface area contributed by atoms with Crippen molar-refractivity contribution in [3.63, 3.8) is 0 Å². The van der Waals surface area contributed by atoms with E-state index < -0.39 is 0 Å². The quantitative estimate of drug-likeness (QED) is 0.574. The van der Waals surface area contributed by atoms with Crippen LogP contribution in [0.1, 0.15) is 34.1 Å². The number of hydrogen-bond acceptors (Lipinski definition) is 2. The highest BCUT2D eigenvalue weighted by atomic mass is 35.5. The Labute approximate surface area is 86.1 Å². The van der Waals surface area contributed by atoms with E-state index in [4.69, 9.17) is 0 Å². The summed E-state index contributed by atoms with van der Waals surface area (Å²) in [6, 6.07) is 0. The third-order valence-corrected chi connectivity index (χ3v) is 0.630. The average molecular weight is 210 g/mol. The molecule has 4 heteroatoms. The topological polar surface area (TPSA) is 37.4 Å². The van der Waals surface area contributed by atoms with E-state index in [-0.39, 0.29) is 11.1 Å². The zero-order valence-electron chi connectivity index (χ0n) is 9.35. The molecule has 0 radical (unpaired) electrons. The van der Waals surface area contributed by atoms with Gasteiger partial charge in [-0.1, -0.05) is 20.3 Å². The Bertz CT molecular complexity index is 132. The summed E-state index contributed by atoms with van der Waals surface area (Å²) in [6.07, 6.45) is 1.25. The zero-order chi connectivity index (χ0) is 11.4. The molecule has 0 fully saturated rings. The first-order chi connectivity index (χ1) is 5.79. The first-order valence-electron chi connectivity index (χ1n) is 4.13. The molecule has 0 aromatic rings. The standard InChI is InChI=1S/C4H9NO.C3H8.C2H3ClO/c1-4(6)5(2)3;1-3-2;1-2(3)4/h1-3H3;3H2,1-2H3;1H3. The molecule has 1 amide bonds. The molecule has 0 saturated carbocycles. The molecule has 0 aliphatic rings. The van der Waals surface area contributed by atoms with Crippen LogP contribution in [-0.4, -0.2) is 30.1 Å². The van der Waals surface area contributed by atoms with Crippen LogP contribution in [0, 0.1) is 0 Å². The minimum absolute atomic E-state index is 0.0926. The second-order valence-electron chi connectivity index (χ2n) is 2.59. The van der Waals surface area contributed by atoms with Gasteiger partial charge >= 0.3 is 0 Å². The molecule has 0 aliphatic carbocycles. The lowest BCUT2D eigenvalue weighted by molar-refractivity contribution is -0.126. The molecule has 0 bridgehead atoms. The Morgan fingerprint density at radius 3 is 1.23 bits per heavy atom. The van der Waals surface area contributed by atoms with Gasteiger partial charge in [-0.25, -0.2) is 0 Å². The number of hydrogen-bond donors (Lipinski definition) is 0. The zero-order valence-corrected chi connectivity index (χ0v) is 10.1. The van der Waals surface area contributed by atoms with Crippen LogP contribution in [0.4, 0.5) is 0 Å². The molecule has 0 aliphatic heterocycles. The highest BCUT2D eigenvalue weighted by Crippen LogP contribution is 1.69. The molecule has 13 heavy (non-hydrogen) atoms. The predicted octanol–water partition coefficient (Wildman–Crippen LogP) is 2.28. The summed E-state index contributed by atoms with van der Waals surface area (Å²) in [5, 5.41) is -0.361. The summed E-state index contributed by atoms with van der Waals surface area (Å²) >= 11 is 4.64. The molecule has 0 saturated heterocycles. The van der Waals surface area contributed by atoms with E-state index in [1.807, 2.05) is 0 Å². The van der Waals surface area contributed by atoms with Crippen molar-refractivity contribution >= 4 is 22.8 Å². The molecular weight excluding hydrogens is 190 g/mol. The summed E-state index contributed by atoms with van der Waals surface area (Å²) in [5.74, 6) is 0.0926. The van der Waals surface area contributed by atoms with Crippen molar-refractivity contribution in [3.05, 3.63) is 0 Å². The number of nitrogens with zero attached hydrogens (tertiary/aromatic N) is 1. The van der Waals surface area contributed by atoms with Crippen LogP contribution in [-0.2, 0) is 9.59 Å². The highest BCUT2D eigenvalue weighted by Gasteiger charge is 1.87. The van der Waals surface area contributed by atoms with Crippen LogP contribution in [0.5, 0.6) is 0 Å². The lowest BCUT2D eigenvalue weighted by atomic mass is 10.6.